The molecule has 1 N–H and O–H groups in total. The molecule has 0 bridgehead atoms. The van der Waals surface area contributed by atoms with Crippen LogP contribution < -0.4 is 5.32 Å². The Morgan fingerprint density at radius 1 is 1.47 bits per heavy atom. The van der Waals surface area contributed by atoms with Crippen LogP contribution in [-0.4, -0.2) is 12.0 Å². The van der Waals surface area contributed by atoms with Gasteiger partial charge in [-0.2, -0.15) is 0 Å². The van der Waals surface area contributed by atoms with Crippen molar-refractivity contribution in [1.29, 1.82) is 0 Å². The van der Waals surface area contributed by atoms with Crippen LogP contribution in [0, 0.1) is 0 Å². The van der Waals surface area contributed by atoms with E-state index in [-0.39, 0.29) is 6.04 Å². The average Bonchev–Trinajstić information content (AvgIpc) is 2.72. The van der Waals surface area contributed by atoms with Crippen molar-refractivity contribution in [2.24, 2.45) is 0 Å². The van der Waals surface area contributed by atoms with E-state index in [4.69, 9.17) is 11.6 Å². The predicted octanol–water partition coefficient (Wildman–Crippen LogP) is 4.06. The molecule has 1 unspecified atom stereocenters. The fourth-order valence-corrected chi connectivity index (χ4v) is 3.18. The molecule has 2 rings (SSSR count). The monoisotopic (exact) mass is 330 g/mol. The molecule has 0 amide bonds. The minimum absolute atomic E-state index is 0.259. The smallest absolute Gasteiger partial charge is 0.0931 e. The van der Waals surface area contributed by atoms with Crippen LogP contribution in [-0.2, 0) is 6.42 Å². The van der Waals surface area contributed by atoms with Gasteiger partial charge in [-0.3, -0.25) is 4.98 Å². The van der Waals surface area contributed by atoms with E-state index >= 15 is 0 Å². The number of aromatic nitrogens is 1. The summed E-state index contributed by atoms with van der Waals surface area (Å²) < 4.78 is 1.83. The van der Waals surface area contributed by atoms with Gasteiger partial charge in [-0.25, -0.2) is 0 Å². The molecule has 1 atom stereocenters. The van der Waals surface area contributed by atoms with Crippen LogP contribution in [0.3, 0.4) is 0 Å². The van der Waals surface area contributed by atoms with Crippen LogP contribution in [0.2, 0.25) is 4.34 Å². The van der Waals surface area contributed by atoms with Crippen molar-refractivity contribution >= 4 is 38.9 Å². The van der Waals surface area contributed by atoms with Crippen molar-refractivity contribution in [3.05, 3.63) is 49.8 Å². The first-order valence-electron chi connectivity index (χ1n) is 5.21. The summed E-state index contributed by atoms with van der Waals surface area (Å²) in [4.78, 5) is 5.46. The van der Waals surface area contributed by atoms with Gasteiger partial charge in [0.2, 0.25) is 0 Å². The van der Waals surface area contributed by atoms with Gasteiger partial charge in [0.25, 0.3) is 0 Å². The van der Waals surface area contributed by atoms with E-state index in [9.17, 15) is 0 Å². The molecular formula is C12H12BrClN2S. The highest BCUT2D eigenvalue weighted by Crippen LogP contribution is 2.27. The molecule has 17 heavy (non-hydrogen) atoms. The molecule has 2 nitrogen and oxygen atoms in total. The fraction of sp³-hybridized carbons (Fsp3) is 0.250. The summed E-state index contributed by atoms with van der Waals surface area (Å²) in [6.07, 6.45) is 4.60. The Labute approximate surface area is 118 Å². The second-order valence-electron chi connectivity index (χ2n) is 3.69. The maximum atomic E-state index is 5.94. The van der Waals surface area contributed by atoms with E-state index in [2.05, 4.69) is 38.4 Å². The molecule has 0 spiro atoms. The summed E-state index contributed by atoms with van der Waals surface area (Å²) in [5, 5.41) is 3.31. The lowest BCUT2D eigenvalue weighted by Crippen LogP contribution is -2.18. The molecule has 0 saturated carbocycles. The second kappa shape index (κ2) is 5.96. The van der Waals surface area contributed by atoms with Gasteiger partial charge in [-0.05, 0) is 46.7 Å². The van der Waals surface area contributed by atoms with E-state index in [1.165, 1.54) is 10.4 Å². The van der Waals surface area contributed by atoms with Gasteiger partial charge in [-0.15, -0.1) is 11.3 Å². The first-order valence-corrected chi connectivity index (χ1v) is 7.19. The Morgan fingerprint density at radius 2 is 2.29 bits per heavy atom. The summed E-state index contributed by atoms with van der Waals surface area (Å²) in [6.45, 7) is 0. The third-order valence-electron chi connectivity index (χ3n) is 2.51. The minimum atomic E-state index is 0.259. The minimum Gasteiger partial charge on any atom is -0.313 e. The van der Waals surface area contributed by atoms with Gasteiger partial charge < -0.3 is 5.32 Å². The third-order valence-corrected chi connectivity index (χ3v) is 4.20. The lowest BCUT2D eigenvalue weighted by atomic mass is 10.1. The molecule has 0 aliphatic heterocycles. The number of hydrogen-bond donors (Lipinski definition) is 1. The van der Waals surface area contributed by atoms with Crippen molar-refractivity contribution in [1.82, 2.24) is 10.3 Å². The number of hydrogen-bond acceptors (Lipinski definition) is 3. The Hall–Kier alpha value is -0.420. The number of thiophene rings is 1. The predicted molar refractivity (Wildman–Crippen MR) is 76.8 cm³/mol. The zero-order valence-corrected chi connectivity index (χ0v) is 12.4. The number of rotatable bonds is 4. The van der Waals surface area contributed by atoms with Crippen molar-refractivity contribution in [2.75, 3.05) is 7.05 Å². The van der Waals surface area contributed by atoms with Crippen LogP contribution in [0.15, 0.2) is 35.1 Å². The van der Waals surface area contributed by atoms with Gasteiger partial charge in [0.1, 0.15) is 0 Å². The van der Waals surface area contributed by atoms with Crippen molar-refractivity contribution in [2.45, 2.75) is 12.5 Å². The molecule has 5 heteroatoms. The van der Waals surface area contributed by atoms with Crippen LogP contribution >= 0.6 is 38.9 Å². The molecule has 0 fully saturated rings. The van der Waals surface area contributed by atoms with Gasteiger partial charge in [0, 0.05) is 34.2 Å². The summed E-state index contributed by atoms with van der Waals surface area (Å²) in [7, 11) is 1.96. The first kappa shape index (κ1) is 13.0. The molecule has 2 aromatic heterocycles. The highest BCUT2D eigenvalue weighted by molar-refractivity contribution is 9.10. The molecule has 0 aliphatic carbocycles. The van der Waals surface area contributed by atoms with Crippen molar-refractivity contribution in [3.63, 3.8) is 0 Å². The molecule has 0 aromatic carbocycles. The SMILES string of the molecule is CNC(Cc1ccc(Cl)s1)c1cncc(Br)c1. The lowest BCUT2D eigenvalue weighted by Gasteiger charge is -2.15. The third kappa shape index (κ3) is 3.52. The molecule has 0 aliphatic rings. The van der Waals surface area contributed by atoms with Crippen LogP contribution in [0.1, 0.15) is 16.5 Å². The Balaban J connectivity index is 2.16. The van der Waals surface area contributed by atoms with Crippen LogP contribution in [0.4, 0.5) is 0 Å². The number of likely N-dealkylation sites (N-methyl/N-ethyl adjacent to an activating group) is 1. The Morgan fingerprint density at radius 3 is 2.88 bits per heavy atom. The maximum absolute atomic E-state index is 5.94. The van der Waals surface area contributed by atoms with E-state index in [1.807, 2.05) is 19.3 Å². The topological polar surface area (TPSA) is 24.9 Å². The summed E-state index contributed by atoms with van der Waals surface area (Å²) in [5.41, 5.74) is 1.17. The quantitative estimate of drug-likeness (QED) is 0.914. The summed E-state index contributed by atoms with van der Waals surface area (Å²) >= 11 is 11.0. The van der Waals surface area contributed by atoms with Crippen molar-refractivity contribution in [3.8, 4) is 0 Å². The van der Waals surface area contributed by atoms with E-state index in [0.29, 0.717) is 0 Å². The number of halogens is 2. The molecule has 0 saturated heterocycles. The van der Waals surface area contributed by atoms with Gasteiger partial charge >= 0.3 is 0 Å². The van der Waals surface area contributed by atoms with Crippen LogP contribution in [0.25, 0.3) is 0 Å². The van der Waals surface area contributed by atoms with Crippen LogP contribution in [0.5, 0.6) is 0 Å². The maximum Gasteiger partial charge on any atom is 0.0931 e. The normalized spacial score (nSPS) is 12.6. The molecule has 0 radical (unpaired) electrons. The van der Waals surface area contributed by atoms with E-state index in [1.54, 1.807) is 17.5 Å². The lowest BCUT2D eigenvalue weighted by molar-refractivity contribution is 0.594. The van der Waals surface area contributed by atoms with Gasteiger partial charge in [0.15, 0.2) is 0 Å². The first-order chi connectivity index (χ1) is 8.19. The molecule has 90 valence electrons. The number of nitrogens with zero attached hydrogens (tertiary/aromatic N) is 1. The van der Waals surface area contributed by atoms with E-state index in [0.717, 1.165) is 15.2 Å². The summed E-state index contributed by atoms with van der Waals surface area (Å²) in [5.74, 6) is 0. The molecule has 2 heterocycles. The second-order valence-corrected chi connectivity index (χ2v) is 6.40. The Kier molecular flexibility index (Phi) is 4.56. The molecule has 2 aromatic rings. The standard InChI is InChI=1S/C12H12BrClN2S/c1-15-11(5-10-2-3-12(14)17-10)8-4-9(13)7-16-6-8/h2-4,6-7,11,15H,5H2,1H3. The highest BCUT2D eigenvalue weighted by Gasteiger charge is 2.12. The Bertz CT molecular complexity index is 501. The largest absolute Gasteiger partial charge is 0.313 e. The zero-order chi connectivity index (χ0) is 12.3. The average molecular weight is 332 g/mol. The molecular weight excluding hydrogens is 320 g/mol. The van der Waals surface area contributed by atoms with Gasteiger partial charge in [-0.1, -0.05) is 11.6 Å². The fourth-order valence-electron chi connectivity index (χ4n) is 1.67. The number of nitrogens with one attached hydrogen (secondary N) is 1. The van der Waals surface area contributed by atoms with E-state index < -0.39 is 0 Å². The number of pyridine rings is 1. The van der Waals surface area contributed by atoms with Gasteiger partial charge in [0.05, 0.1) is 4.34 Å². The zero-order valence-electron chi connectivity index (χ0n) is 9.28. The van der Waals surface area contributed by atoms with Crippen molar-refractivity contribution < 1.29 is 0 Å². The highest BCUT2D eigenvalue weighted by atomic mass is 79.9. The summed E-state index contributed by atoms with van der Waals surface area (Å²) in [6, 6.07) is 6.36.